The monoisotopic (exact) mass is 246 g/mol. The fourth-order valence-corrected chi connectivity index (χ4v) is 2.88. The highest BCUT2D eigenvalue weighted by Crippen LogP contribution is 2.35. The van der Waals surface area contributed by atoms with E-state index in [0.717, 1.165) is 5.75 Å². The largest absolute Gasteiger partial charge is 0.497 e. The minimum absolute atomic E-state index is 0.457. The first kappa shape index (κ1) is 13.0. The molecule has 0 atom stereocenters. The third-order valence-corrected chi connectivity index (χ3v) is 3.62. The first-order valence-corrected chi connectivity index (χ1v) is 6.37. The summed E-state index contributed by atoms with van der Waals surface area (Å²) >= 11 is 0. The zero-order chi connectivity index (χ0) is 13.4. The summed E-state index contributed by atoms with van der Waals surface area (Å²) in [6, 6.07) is 4.20. The molecule has 0 amide bonds. The molecule has 0 aliphatic rings. The van der Waals surface area contributed by atoms with E-state index in [2.05, 4.69) is 44.5 Å². The van der Waals surface area contributed by atoms with Crippen LogP contribution in [0.15, 0.2) is 12.1 Å². The maximum absolute atomic E-state index is 5.92. The third-order valence-electron chi connectivity index (χ3n) is 3.62. The molecule has 3 nitrogen and oxygen atoms in total. The van der Waals surface area contributed by atoms with Crippen molar-refractivity contribution in [1.29, 1.82) is 0 Å². The Balaban J connectivity index is 2.90. The molecular weight excluding hydrogens is 224 g/mol. The summed E-state index contributed by atoms with van der Waals surface area (Å²) in [5, 5.41) is 1.27. The number of aromatic nitrogens is 1. The van der Waals surface area contributed by atoms with Gasteiger partial charge in [-0.1, -0.05) is 13.8 Å². The Bertz CT molecular complexity index is 582. The van der Waals surface area contributed by atoms with E-state index >= 15 is 0 Å². The van der Waals surface area contributed by atoms with Crippen LogP contribution < -0.4 is 10.5 Å². The van der Waals surface area contributed by atoms with Crippen LogP contribution in [0.2, 0.25) is 0 Å². The van der Waals surface area contributed by atoms with Gasteiger partial charge in [0.15, 0.2) is 0 Å². The van der Waals surface area contributed by atoms with Crippen LogP contribution in [0.3, 0.4) is 0 Å². The Hall–Kier alpha value is -1.48. The molecule has 3 heteroatoms. The van der Waals surface area contributed by atoms with Gasteiger partial charge < -0.3 is 15.0 Å². The van der Waals surface area contributed by atoms with Crippen LogP contribution in [0.4, 0.5) is 0 Å². The van der Waals surface area contributed by atoms with Crippen LogP contribution in [-0.2, 0) is 13.6 Å². The number of methoxy groups -OCH3 is 1. The molecule has 1 aromatic heterocycles. The van der Waals surface area contributed by atoms with Crippen LogP contribution in [-0.4, -0.2) is 11.7 Å². The number of nitrogens with two attached hydrogens (primary N) is 1. The minimum atomic E-state index is 0.457. The summed E-state index contributed by atoms with van der Waals surface area (Å²) in [7, 11) is 3.80. The summed E-state index contributed by atoms with van der Waals surface area (Å²) in [6.45, 7) is 7.11. The number of aryl methyl sites for hydroxylation is 2. The SMILES string of the molecule is COc1cc(C)c2c(c1)c(C(C)C)c(CN)n2C. The Morgan fingerprint density at radius 1 is 1.33 bits per heavy atom. The molecule has 0 unspecified atom stereocenters. The van der Waals surface area contributed by atoms with Crippen molar-refractivity contribution in [3.63, 3.8) is 0 Å². The maximum Gasteiger partial charge on any atom is 0.119 e. The average molecular weight is 246 g/mol. The van der Waals surface area contributed by atoms with Crippen molar-refractivity contribution in [3.8, 4) is 5.75 Å². The number of hydrogen-bond donors (Lipinski definition) is 1. The molecule has 2 N–H and O–H groups in total. The number of nitrogens with zero attached hydrogens (tertiary/aromatic N) is 1. The Labute approximate surface area is 109 Å². The molecule has 1 heterocycles. The summed E-state index contributed by atoms with van der Waals surface area (Å²) in [5.41, 5.74) is 11.0. The van der Waals surface area contributed by atoms with Crippen molar-refractivity contribution < 1.29 is 4.74 Å². The second-order valence-electron chi connectivity index (χ2n) is 5.12. The lowest BCUT2D eigenvalue weighted by atomic mass is 9.98. The third kappa shape index (κ3) is 1.79. The van der Waals surface area contributed by atoms with Gasteiger partial charge >= 0.3 is 0 Å². The van der Waals surface area contributed by atoms with Crippen LogP contribution >= 0.6 is 0 Å². The standard InChI is InChI=1S/C15H22N2O/c1-9(2)14-12-7-11(18-5)6-10(3)15(12)17(4)13(14)8-16/h6-7,9H,8,16H2,1-5H3. The molecule has 0 aliphatic heterocycles. The number of fused-ring (bicyclic) bond motifs is 1. The van der Waals surface area contributed by atoms with Crippen LogP contribution in [0.25, 0.3) is 10.9 Å². The lowest BCUT2D eigenvalue weighted by Crippen LogP contribution is -2.06. The first-order chi connectivity index (χ1) is 8.51. The summed E-state index contributed by atoms with van der Waals surface area (Å²) in [6.07, 6.45) is 0. The second-order valence-corrected chi connectivity index (χ2v) is 5.12. The van der Waals surface area contributed by atoms with Crippen molar-refractivity contribution in [2.24, 2.45) is 12.8 Å². The molecule has 0 saturated carbocycles. The Morgan fingerprint density at radius 3 is 2.50 bits per heavy atom. The van der Waals surface area contributed by atoms with E-state index in [1.54, 1.807) is 7.11 Å². The molecule has 18 heavy (non-hydrogen) atoms. The first-order valence-electron chi connectivity index (χ1n) is 6.37. The van der Waals surface area contributed by atoms with Crippen LogP contribution in [0, 0.1) is 6.92 Å². The fourth-order valence-electron chi connectivity index (χ4n) is 2.88. The number of benzene rings is 1. The van der Waals surface area contributed by atoms with Crippen LogP contribution in [0.5, 0.6) is 5.75 Å². The molecule has 0 radical (unpaired) electrons. The maximum atomic E-state index is 5.92. The highest BCUT2D eigenvalue weighted by molar-refractivity contribution is 5.90. The van der Waals surface area contributed by atoms with Crippen LogP contribution in [0.1, 0.15) is 36.6 Å². The molecule has 0 spiro atoms. The predicted molar refractivity (Wildman–Crippen MR) is 76.2 cm³/mol. The molecule has 1 aromatic carbocycles. The van der Waals surface area contributed by atoms with Gasteiger partial charge in [0.25, 0.3) is 0 Å². The highest BCUT2D eigenvalue weighted by Gasteiger charge is 2.18. The fraction of sp³-hybridized carbons (Fsp3) is 0.467. The van der Waals surface area contributed by atoms with E-state index < -0.39 is 0 Å². The second kappa shape index (κ2) is 4.65. The molecule has 2 aromatic rings. The Kier molecular flexibility index (Phi) is 3.35. The van der Waals surface area contributed by atoms with Gasteiger partial charge in [0.05, 0.1) is 12.6 Å². The van der Waals surface area contributed by atoms with E-state index in [-0.39, 0.29) is 0 Å². The topological polar surface area (TPSA) is 40.2 Å². The quantitative estimate of drug-likeness (QED) is 0.904. The van der Waals surface area contributed by atoms with E-state index in [4.69, 9.17) is 10.5 Å². The van der Waals surface area contributed by atoms with Gasteiger partial charge in [0, 0.05) is 24.7 Å². The van der Waals surface area contributed by atoms with E-state index in [0.29, 0.717) is 12.5 Å². The van der Waals surface area contributed by atoms with E-state index in [1.807, 2.05) is 0 Å². The van der Waals surface area contributed by atoms with Crippen molar-refractivity contribution in [2.45, 2.75) is 33.2 Å². The van der Waals surface area contributed by atoms with Gasteiger partial charge in [0.1, 0.15) is 5.75 Å². The number of ether oxygens (including phenoxy) is 1. The van der Waals surface area contributed by atoms with Crippen molar-refractivity contribution in [2.75, 3.05) is 7.11 Å². The lowest BCUT2D eigenvalue weighted by molar-refractivity contribution is 0.415. The summed E-state index contributed by atoms with van der Waals surface area (Å²) < 4.78 is 7.60. The summed E-state index contributed by atoms with van der Waals surface area (Å²) in [4.78, 5) is 0. The minimum Gasteiger partial charge on any atom is -0.497 e. The highest BCUT2D eigenvalue weighted by atomic mass is 16.5. The summed E-state index contributed by atoms with van der Waals surface area (Å²) in [5.74, 6) is 1.37. The van der Waals surface area contributed by atoms with Gasteiger partial charge in [-0.15, -0.1) is 0 Å². The van der Waals surface area contributed by atoms with Gasteiger partial charge in [0.2, 0.25) is 0 Å². The normalized spacial score (nSPS) is 11.5. The average Bonchev–Trinajstić information content (AvgIpc) is 2.61. The zero-order valence-electron chi connectivity index (χ0n) is 11.9. The smallest absolute Gasteiger partial charge is 0.119 e. The zero-order valence-corrected chi connectivity index (χ0v) is 11.9. The van der Waals surface area contributed by atoms with Gasteiger partial charge in [-0.3, -0.25) is 0 Å². The molecule has 0 fully saturated rings. The van der Waals surface area contributed by atoms with E-state index in [1.165, 1.54) is 27.7 Å². The number of rotatable bonds is 3. The van der Waals surface area contributed by atoms with Gasteiger partial charge in [-0.25, -0.2) is 0 Å². The predicted octanol–water partition coefficient (Wildman–Crippen LogP) is 3.08. The van der Waals surface area contributed by atoms with Gasteiger partial charge in [-0.2, -0.15) is 0 Å². The molecule has 0 bridgehead atoms. The molecule has 0 aliphatic carbocycles. The van der Waals surface area contributed by atoms with Gasteiger partial charge in [-0.05, 0) is 36.1 Å². The molecule has 0 saturated heterocycles. The van der Waals surface area contributed by atoms with E-state index in [9.17, 15) is 0 Å². The van der Waals surface area contributed by atoms with Crippen molar-refractivity contribution >= 4 is 10.9 Å². The lowest BCUT2D eigenvalue weighted by Gasteiger charge is -2.08. The van der Waals surface area contributed by atoms with Crippen molar-refractivity contribution in [3.05, 3.63) is 29.0 Å². The molecule has 2 rings (SSSR count). The number of hydrogen-bond acceptors (Lipinski definition) is 2. The van der Waals surface area contributed by atoms with Crippen molar-refractivity contribution in [1.82, 2.24) is 4.57 Å². The molecule has 98 valence electrons. The molecular formula is C15H22N2O. The Morgan fingerprint density at radius 2 is 2.00 bits per heavy atom.